The van der Waals surface area contributed by atoms with Crippen LogP contribution in [0.2, 0.25) is 5.02 Å². The third-order valence-corrected chi connectivity index (χ3v) is 7.41. The number of aliphatic hydroxyl groups excluding tert-OH is 2. The molecule has 3 atom stereocenters. The average molecular weight is 525 g/mol. The standard InChI is InChI=1S/C22H19BrClNO7/c23-6-10(26)5-11-12(24)3-8-1-7-2-9-4-13(27)17(22(25)32)21(31)16(9)20(30)15(7)19(29)14(8)18(11)28/h3,7,9,16,27-28,30H,1-2,4-6H2,(H2,25,32). The Bertz CT molecular complexity index is 1170. The van der Waals surface area contributed by atoms with E-state index < -0.39 is 58.1 Å². The van der Waals surface area contributed by atoms with Gasteiger partial charge in [0.25, 0.3) is 5.91 Å². The number of allylic oxidation sites excluding steroid dienone is 3. The quantitative estimate of drug-likeness (QED) is 0.348. The fourth-order valence-corrected chi connectivity index (χ4v) is 5.60. The number of aliphatic hydroxyl groups is 2. The van der Waals surface area contributed by atoms with E-state index in [0.717, 1.165) is 0 Å². The molecule has 8 nitrogen and oxygen atoms in total. The number of primary amides is 1. The molecule has 0 saturated heterocycles. The molecule has 0 heterocycles. The SMILES string of the molecule is NC(=O)C1=C(O)CC2CC3Cc4cc(Cl)c(CC(=O)CBr)c(O)c4C(=O)C3=C(O)C2C1=O. The second-order valence-electron chi connectivity index (χ2n) is 8.33. The first-order chi connectivity index (χ1) is 15.1. The number of hydrogen-bond acceptors (Lipinski definition) is 7. The first-order valence-electron chi connectivity index (χ1n) is 9.91. The van der Waals surface area contributed by atoms with Gasteiger partial charge in [-0.3, -0.25) is 19.2 Å². The van der Waals surface area contributed by atoms with Gasteiger partial charge in [-0.15, -0.1) is 0 Å². The van der Waals surface area contributed by atoms with E-state index >= 15 is 0 Å². The van der Waals surface area contributed by atoms with E-state index in [9.17, 15) is 34.5 Å². The van der Waals surface area contributed by atoms with E-state index in [1.165, 1.54) is 0 Å². The molecule has 0 aliphatic heterocycles. The van der Waals surface area contributed by atoms with Crippen LogP contribution in [-0.4, -0.2) is 43.9 Å². The number of Topliss-reactive ketones (excluding diaryl/α,β-unsaturated/α-hetero) is 3. The number of fused-ring (bicyclic) bond motifs is 3. The molecule has 1 amide bonds. The van der Waals surface area contributed by atoms with Gasteiger partial charge >= 0.3 is 0 Å². The highest BCUT2D eigenvalue weighted by atomic mass is 79.9. The molecule has 4 rings (SSSR count). The van der Waals surface area contributed by atoms with Crippen molar-refractivity contribution in [2.24, 2.45) is 23.5 Å². The summed E-state index contributed by atoms with van der Waals surface area (Å²) in [4.78, 5) is 49.7. The Morgan fingerprint density at radius 2 is 1.88 bits per heavy atom. The van der Waals surface area contributed by atoms with E-state index in [4.69, 9.17) is 17.3 Å². The zero-order chi connectivity index (χ0) is 23.5. The average Bonchev–Trinajstić information content (AvgIpc) is 2.69. The monoisotopic (exact) mass is 523 g/mol. The molecule has 3 aliphatic rings. The fraction of sp³-hybridized carbons (Fsp3) is 0.364. The summed E-state index contributed by atoms with van der Waals surface area (Å²) in [6.45, 7) is 0. The van der Waals surface area contributed by atoms with Crippen LogP contribution in [0.5, 0.6) is 5.75 Å². The molecule has 0 spiro atoms. The summed E-state index contributed by atoms with van der Waals surface area (Å²) in [5, 5.41) is 32.1. The predicted octanol–water partition coefficient (Wildman–Crippen LogP) is 2.63. The van der Waals surface area contributed by atoms with Gasteiger partial charge in [-0.2, -0.15) is 0 Å². The van der Waals surface area contributed by atoms with Gasteiger partial charge in [-0.1, -0.05) is 27.5 Å². The molecule has 1 aromatic carbocycles. The molecule has 0 saturated carbocycles. The maximum atomic E-state index is 13.4. The Balaban J connectivity index is 1.82. The molecule has 168 valence electrons. The zero-order valence-electron chi connectivity index (χ0n) is 16.7. The van der Waals surface area contributed by atoms with Crippen LogP contribution in [0.3, 0.4) is 0 Å². The number of carbonyl (C=O) groups is 4. The Morgan fingerprint density at radius 3 is 2.50 bits per heavy atom. The number of carbonyl (C=O) groups excluding carboxylic acids is 4. The highest BCUT2D eigenvalue weighted by Crippen LogP contribution is 2.50. The minimum Gasteiger partial charge on any atom is -0.511 e. The number of aromatic hydroxyl groups is 1. The highest BCUT2D eigenvalue weighted by molar-refractivity contribution is 9.09. The number of benzene rings is 1. The van der Waals surface area contributed by atoms with E-state index in [1.54, 1.807) is 6.07 Å². The minimum absolute atomic E-state index is 0.00676. The lowest BCUT2D eigenvalue weighted by atomic mass is 9.62. The molecule has 0 bridgehead atoms. The van der Waals surface area contributed by atoms with Crippen molar-refractivity contribution >= 4 is 50.8 Å². The largest absolute Gasteiger partial charge is 0.511 e. The van der Waals surface area contributed by atoms with Crippen LogP contribution in [0, 0.1) is 17.8 Å². The lowest BCUT2D eigenvalue weighted by Gasteiger charge is -2.40. The number of phenols is 1. The van der Waals surface area contributed by atoms with Crippen molar-refractivity contribution in [1.82, 2.24) is 0 Å². The Morgan fingerprint density at radius 1 is 1.19 bits per heavy atom. The third kappa shape index (κ3) is 3.34. The number of hydrogen-bond donors (Lipinski definition) is 4. The number of amides is 1. The van der Waals surface area contributed by atoms with Crippen molar-refractivity contribution in [2.75, 3.05) is 5.33 Å². The number of halogens is 2. The normalized spacial score (nSPS) is 24.8. The number of nitrogens with two attached hydrogens (primary N) is 1. The van der Waals surface area contributed by atoms with E-state index in [1.807, 2.05) is 0 Å². The highest BCUT2D eigenvalue weighted by Gasteiger charge is 2.50. The summed E-state index contributed by atoms with van der Waals surface area (Å²) >= 11 is 9.34. The van der Waals surface area contributed by atoms with Crippen molar-refractivity contribution in [3.05, 3.63) is 50.4 Å². The lowest BCUT2D eigenvalue weighted by molar-refractivity contribution is -0.126. The fourth-order valence-electron chi connectivity index (χ4n) is 5.11. The Labute approximate surface area is 195 Å². The summed E-state index contributed by atoms with van der Waals surface area (Å²) < 4.78 is 0. The van der Waals surface area contributed by atoms with Gasteiger partial charge in [0.2, 0.25) is 0 Å². The minimum atomic E-state index is -1.17. The van der Waals surface area contributed by atoms with Gasteiger partial charge < -0.3 is 21.1 Å². The molecule has 32 heavy (non-hydrogen) atoms. The smallest absolute Gasteiger partial charge is 0.255 e. The molecule has 0 fully saturated rings. The summed E-state index contributed by atoms with van der Waals surface area (Å²) in [5.74, 6) is -6.25. The van der Waals surface area contributed by atoms with Crippen molar-refractivity contribution in [1.29, 1.82) is 0 Å². The molecule has 1 aromatic rings. The van der Waals surface area contributed by atoms with Crippen molar-refractivity contribution in [2.45, 2.75) is 25.7 Å². The maximum Gasteiger partial charge on any atom is 0.255 e. The van der Waals surface area contributed by atoms with Gasteiger partial charge in [0, 0.05) is 29.0 Å². The number of ketones is 3. The van der Waals surface area contributed by atoms with Gasteiger partial charge in [0.1, 0.15) is 28.6 Å². The summed E-state index contributed by atoms with van der Waals surface area (Å²) in [5.41, 5.74) is 5.19. The summed E-state index contributed by atoms with van der Waals surface area (Å²) in [7, 11) is 0. The molecular formula is C22H19BrClNO7. The number of alkyl halides is 1. The first kappa shape index (κ1) is 22.5. The Hall–Kier alpha value is -2.65. The van der Waals surface area contributed by atoms with Crippen LogP contribution >= 0.6 is 27.5 Å². The van der Waals surface area contributed by atoms with E-state index in [-0.39, 0.29) is 52.1 Å². The topological polar surface area (TPSA) is 155 Å². The van der Waals surface area contributed by atoms with Crippen LogP contribution in [0.15, 0.2) is 28.7 Å². The zero-order valence-corrected chi connectivity index (χ0v) is 19.0. The molecular weight excluding hydrogens is 506 g/mol. The maximum absolute atomic E-state index is 13.4. The van der Waals surface area contributed by atoms with Crippen molar-refractivity contribution in [3.63, 3.8) is 0 Å². The molecule has 10 heteroatoms. The summed E-state index contributed by atoms with van der Waals surface area (Å²) in [6.07, 6.45) is 0.369. The number of phenolic OH excluding ortho intramolecular Hbond substituents is 1. The molecule has 0 aromatic heterocycles. The second-order valence-corrected chi connectivity index (χ2v) is 9.29. The third-order valence-electron chi connectivity index (χ3n) is 6.45. The van der Waals surface area contributed by atoms with Gasteiger partial charge in [0.15, 0.2) is 11.6 Å². The van der Waals surface area contributed by atoms with Crippen molar-refractivity contribution in [3.8, 4) is 5.75 Å². The van der Waals surface area contributed by atoms with Gasteiger partial charge in [0.05, 0.1) is 16.8 Å². The van der Waals surface area contributed by atoms with Crippen LogP contribution in [0.25, 0.3) is 0 Å². The summed E-state index contributed by atoms with van der Waals surface area (Å²) in [6, 6.07) is 1.54. The van der Waals surface area contributed by atoms with E-state index in [2.05, 4.69) is 15.9 Å². The van der Waals surface area contributed by atoms with Gasteiger partial charge in [-0.25, -0.2) is 0 Å². The second kappa shape index (κ2) is 8.04. The van der Waals surface area contributed by atoms with Crippen LogP contribution < -0.4 is 5.73 Å². The van der Waals surface area contributed by atoms with Crippen molar-refractivity contribution < 1.29 is 34.5 Å². The molecule has 0 radical (unpaired) electrons. The van der Waals surface area contributed by atoms with Crippen LogP contribution in [-0.2, 0) is 27.2 Å². The van der Waals surface area contributed by atoms with Crippen LogP contribution in [0.1, 0.15) is 34.3 Å². The molecule has 5 N–H and O–H groups in total. The van der Waals surface area contributed by atoms with E-state index in [0.29, 0.717) is 12.0 Å². The van der Waals surface area contributed by atoms with Gasteiger partial charge in [-0.05, 0) is 36.3 Å². The number of rotatable bonds is 4. The first-order valence-corrected chi connectivity index (χ1v) is 11.4. The molecule has 3 aliphatic carbocycles. The predicted molar refractivity (Wildman–Crippen MR) is 117 cm³/mol. The molecule has 3 unspecified atom stereocenters. The van der Waals surface area contributed by atoms with Crippen LogP contribution in [0.4, 0.5) is 0 Å². The lowest BCUT2D eigenvalue weighted by Crippen LogP contribution is -2.43. The Kier molecular flexibility index (Phi) is 5.67.